The van der Waals surface area contributed by atoms with Gasteiger partial charge in [0, 0.05) is 36.0 Å². The van der Waals surface area contributed by atoms with Crippen LogP contribution in [0.25, 0.3) is 0 Å². The van der Waals surface area contributed by atoms with Crippen molar-refractivity contribution in [1.29, 1.82) is 0 Å². The first-order valence-corrected chi connectivity index (χ1v) is 10.4. The summed E-state index contributed by atoms with van der Waals surface area (Å²) in [6, 6.07) is 13.8. The third-order valence-electron chi connectivity index (χ3n) is 5.17. The van der Waals surface area contributed by atoms with Crippen molar-refractivity contribution in [2.75, 3.05) is 12.4 Å². The molecule has 2 aromatic carbocycles. The number of primary amides is 1. The van der Waals surface area contributed by atoms with E-state index in [2.05, 4.69) is 15.6 Å². The van der Waals surface area contributed by atoms with Gasteiger partial charge in [0.25, 0.3) is 5.91 Å². The van der Waals surface area contributed by atoms with Gasteiger partial charge in [0.1, 0.15) is 5.75 Å². The van der Waals surface area contributed by atoms with Crippen molar-refractivity contribution in [1.82, 2.24) is 5.32 Å². The summed E-state index contributed by atoms with van der Waals surface area (Å²) < 4.78 is 43.3. The molecule has 0 aliphatic carbocycles. The smallest absolute Gasteiger partial charge is 0.389 e. The predicted molar refractivity (Wildman–Crippen MR) is 118 cm³/mol. The summed E-state index contributed by atoms with van der Waals surface area (Å²) in [4.78, 5) is 41.5. The number of carbonyl (C=O) groups excluding carboxylic acids is 3. The van der Waals surface area contributed by atoms with Crippen LogP contribution in [0.1, 0.15) is 30.4 Å². The Morgan fingerprint density at radius 1 is 1.21 bits per heavy atom. The fraction of sp³-hybridized carbons (Fsp3) is 0.304. The van der Waals surface area contributed by atoms with Crippen LogP contribution in [0, 0.1) is 5.92 Å². The average Bonchev–Trinajstić information content (AvgIpc) is 2.92. The van der Waals surface area contributed by atoms with E-state index in [0.717, 1.165) is 0 Å². The number of aliphatic imine (C=N–C) groups is 1. The Hall–Kier alpha value is -3.89. The highest BCUT2D eigenvalue weighted by Crippen LogP contribution is 2.29. The number of methoxy groups -OCH3 is 1. The van der Waals surface area contributed by atoms with Gasteiger partial charge in [-0.05, 0) is 18.6 Å². The molecule has 1 aliphatic rings. The summed E-state index contributed by atoms with van der Waals surface area (Å²) in [7, 11) is 1.47. The summed E-state index contributed by atoms with van der Waals surface area (Å²) in [5.74, 6) is -3.46. The Morgan fingerprint density at radius 3 is 2.53 bits per heavy atom. The minimum atomic E-state index is -4.52. The van der Waals surface area contributed by atoms with Crippen LogP contribution >= 0.6 is 0 Å². The number of fused-ring (bicyclic) bond motifs is 1. The molecule has 2 unspecified atom stereocenters. The molecular weight excluding hydrogens is 453 g/mol. The average molecular weight is 476 g/mol. The van der Waals surface area contributed by atoms with E-state index in [9.17, 15) is 27.6 Å². The Morgan fingerprint density at radius 2 is 1.91 bits per heavy atom. The molecule has 0 spiro atoms. The SMILES string of the molecule is COc1ccc2c(c1)NC(=O)C(NC(=O)C(CCC(F)(F)F)CC(N)=O)N=C2c1ccccc1. The monoisotopic (exact) mass is 476 g/mol. The number of amides is 3. The number of benzodiazepines with no additional fused rings is 1. The number of benzene rings is 2. The number of rotatable bonds is 8. The largest absolute Gasteiger partial charge is 0.497 e. The van der Waals surface area contributed by atoms with E-state index in [1.165, 1.54) is 7.11 Å². The molecule has 0 saturated heterocycles. The zero-order valence-electron chi connectivity index (χ0n) is 18.2. The van der Waals surface area contributed by atoms with E-state index >= 15 is 0 Å². The van der Waals surface area contributed by atoms with Crippen molar-refractivity contribution < 1.29 is 32.3 Å². The maximum Gasteiger partial charge on any atom is 0.389 e. The highest BCUT2D eigenvalue weighted by atomic mass is 19.4. The van der Waals surface area contributed by atoms with Crippen LogP contribution in [-0.4, -0.2) is 42.9 Å². The van der Waals surface area contributed by atoms with Gasteiger partial charge in [-0.3, -0.25) is 14.4 Å². The predicted octanol–water partition coefficient (Wildman–Crippen LogP) is 2.76. The fourth-order valence-electron chi connectivity index (χ4n) is 3.50. The summed E-state index contributed by atoms with van der Waals surface area (Å²) in [5, 5.41) is 5.04. The van der Waals surface area contributed by atoms with E-state index < -0.39 is 55.2 Å². The maximum absolute atomic E-state index is 12.9. The molecule has 0 saturated carbocycles. The second-order valence-electron chi connectivity index (χ2n) is 7.68. The molecule has 8 nitrogen and oxygen atoms in total. The summed E-state index contributed by atoms with van der Waals surface area (Å²) in [6.07, 6.45) is -8.50. The number of ether oxygens (including phenoxy) is 1. The molecule has 2 atom stereocenters. The van der Waals surface area contributed by atoms with Crippen LogP contribution in [-0.2, 0) is 14.4 Å². The van der Waals surface area contributed by atoms with Gasteiger partial charge in [0.15, 0.2) is 0 Å². The number of halogens is 3. The minimum absolute atomic E-state index is 0.378. The van der Waals surface area contributed by atoms with Gasteiger partial charge in [0.2, 0.25) is 18.0 Å². The zero-order valence-corrected chi connectivity index (χ0v) is 18.2. The molecule has 1 heterocycles. The van der Waals surface area contributed by atoms with Gasteiger partial charge in [-0.25, -0.2) is 4.99 Å². The van der Waals surface area contributed by atoms with Crippen molar-refractivity contribution in [3.05, 3.63) is 59.7 Å². The maximum atomic E-state index is 12.9. The Bertz CT molecular complexity index is 1100. The second kappa shape index (κ2) is 10.4. The van der Waals surface area contributed by atoms with Gasteiger partial charge >= 0.3 is 6.18 Å². The topological polar surface area (TPSA) is 123 Å². The number of carbonyl (C=O) groups is 3. The van der Waals surface area contributed by atoms with E-state index in [0.29, 0.717) is 28.3 Å². The highest BCUT2D eigenvalue weighted by molar-refractivity contribution is 6.20. The van der Waals surface area contributed by atoms with Gasteiger partial charge in [-0.2, -0.15) is 13.2 Å². The molecule has 4 N–H and O–H groups in total. The fourth-order valence-corrected chi connectivity index (χ4v) is 3.50. The van der Waals surface area contributed by atoms with Crippen LogP contribution in [0.15, 0.2) is 53.5 Å². The number of hydrogen-bond donors (Lipinski definition) is 3. The Kier molecular flexibility index (Phi) is 7.54. The molecule has 0 aromatic heterocycles. The van der Waals surface area contributed by atoms with Crippen molar-refractivity contribution in [2.45, 2.75) is 31.6 Å². The highest BCUT2D eigenvalue weighted by Gasteiger charge is 2.34. The van der Waals surface area contributed by atoms with E-state index in [1.807, 2.05) is 0 Å². The van der Waals surface area contributed by atoms with Crippen molar-refractivity contribution in [3.63, 3.8) is 0 Å². The second-order valence-corrected chi connectivity index (χ2v) is 7.68. The molecule has 180 valence electrons. The first-order valence-electron chi connectivity index (χ1n) is 10.4. The number of nitrogens with zero attached hydrogens (tertiary/aromatic N) is 1. The summed E-state index contributed by atoms with van der Waals surface area (Å²) >= 11 is 0. The third-order valence-corrected chi connectivity index (χ3v) is 5.17. The van der Waals surface area contributed by atoms with E-state index in [4.69, 9.17) is 10.5 Å². The lowest BCUT2D eigenvalue weighted by Gasteiger charge is -2.19. The molecule has 0 bridgehead atoms. The van der Waals surface area contributed by atoms with Crippen LogP contribution in [0.4, 0.5) is 18.9 Å². The number of nitrogens with two attached hydrogens (primary N) is 1. The van der Waals surface area contributed by atoms with E-state index in [1.54, 1.807) is 48.5 Å². The van der Waals surface area contributed by atoms with Crippen molar-refractivity contribution >= 4 is 29.1 Å². The lowest BCUT2D eigenvalue weighted by Crippen LogP contribution is -2.45. The van der Waals surface area contributed by atoms with Crippen LogP contribution in [0.2, 0.25) is 0 Å². The lowest BCUT2D eigenvalue weighted by molar-refractivity contribution is -0.143. The molecular formula is C23H23F3N4O4. The standard InChI is InChI=1S/C23H23F3N4O4/c1-34-15-7-8-16-17(12-15)28-22(33)20(29-19(16)13-5-3-2-4-6-13)30-21(32)14(11-18(27)31)9-10-23(24,25)26/h2-8,12,14,20H,9-11H2,1H3,(H2,27,31)(H,28,33)(H,30,32). The zero-order chi connectivity index (χ0) is 24.9. The van der Waals surface area contributed by atoms with Gasteiger partial charge < -0.3 is 21.1 Å². The molecule has 1 aliphatic heterocycles. The van der Waals surface area contributed by atoms with Gasteiger partial charge in [-0.1, -0.05) is 30.3 Å². The normalized spacial score (nSPS) is 16.4. The van der Waals surface area contributed by atoms with E-state index in [-0.39, 0.29) is 0 Å². The minimum Gasteiger partial charge on any atom is -0.497 e. The quantitative estimate of drug-likeness (QED) is 0.542. The van der Waals surface area contributed by atoms with Crippen molar-refractivity contribution in [2.24, 2.45) is 16.6 Å². The Balaban J connectivity index is 1.95. The van der Waals surface area contributed by atoms with Crippen LogP contribution in [0.5, 0.6) is 5.75 Å². The van der Waals surface area contributed by atoms with Crippen LogP contribution in [0.3, 0.4) is 0 Å². The molecule has 34 heavy (non-hydrogen) atoms. The molecule has 0 radical (unpaired) electrons. The Labute approximate surface area is 193 Å². The third kappa shape index (κ3) is 6.33. The molecule has 11 heteroatoms. The number of alkyl halides is 3. The number of anilines is 1. The number of nitrogens with one attached hydrogen (secondary N) is 2. The first kappa shape index (κ1) is 24.7. The first-order chi connectivity index (χ1) is 16.1. The van der Waals surface area contributed by atoms with Crippen LogP contribution < -0.4 is 21.1 Å². The van der Waals surface area contributed by atoms with Gasteiger partial charge in [-0.15, -0.1) is 0 Å². The molecule has 3 rings (SSSR count). The summed E-state index contributed by atoms with van der Waals surface area (Å²) in [6.45, 7) is 0. The summed E-state index contributed by atoms with van der Waals surface area (Å²) in [5.41, 5.74) is 7.09. The van der Waals surface area contributed by atoms with Gasteiger partial charge in [0.05, 0.1) is 18.5 Å². The molecule has 2 aromatic rings. The molecule has 0 fully saturated rings. The van der Waals surface area contributed by atoms with Crippen molar-refractivity contribution in [3.8, 4) is 5.75 Å². The number of hydrogen-bond acceptors (Lipinski definition) is 5. The lowest BCUT2D eigenvalue weighted by atomic mass is 9.97. The molecule has 3 amide bonds.